The Morgan fingerprint density at radius 2 is 1.52 bits per heavy atom. The molecule has 0 heterocycles. The third-order valence-corrected chi connectivity index (χ3v) is 6.32. The molecule has 0 saturated heterocycles. The minimum Gasteiger partial charge on any atom is -0.497 e. The minimum absolute atomic E-state index is 0.0988. The smallest absolute Gasteiger partial charge is 0.264 e. The molecule has 0 aliphatic carbocycles. The Morgan fingerprint density at radius 3 is 2.03 bits per heavy atom. The van der Waals surface area contributed by atoms with Crippen LogP contribution in [0.25, 0.3) is 0 Å². The van der Waals surface area contributed by atoms with E-state index < -0.39 is 15.9 Å². The molecule has 3 aromatic carbocycles. The van der Waals surface area contributed by atoms with Crippen LogP contribution in [0, 0.1) is 6.92 Å². The van der Waals surface area contributed by atoms with Crippen molar-refractivity contribution in [2.75, 3.05) is 11.4 Å². The molecule has 0 aliphatic rings. The molecule has 6 nitrogen and oxygen atoms in total. The quantitative estimate of drug-likeness (QED) is 0.646. The first-order valence-electron chi connectivity index (χ1n) is 8.93. The van der Waals surface area contributed by atoms with Gasteiger partial charge in [0, 0.05) is 5.56 Å². The molecule has 0 aliphatic heterocycles. The zero-order valence-electron chi connectivity index (χ0n) is 16.2. The monoisotopic (exact) mass is 410 g/mol. The van der Waals surface area contributed by atoms with E-state index in [0.717, 1.165) is 11.1 Å². The summed E-state index contributed by atoms with van der Waals surface area (Å²) in [7, 11) is -2.26. The Kier molecular flexibility index (Phi) is 5.89. The summed E-state index contributed by atoms with van der Waals surface area (Å²) >= 11 is 0. The molecule has 2 N–H and O–H groups in total. The normalized spacial score (nSPS) is 11.1. The number of sulfonamides is 1. The summed E-state index contributed by atoms with van der Waals surface area (Å²) in [5, 5.41) is 0. The van der Waals surface area contributed by atoms with Crippen molar-refractivity contribution < 1.29 is 17.9 Å². The maximum absolute atomic E-state index is 13.4. The Morgan fingerprint density at radius 1 is 0.931 bits per heavy atom. The highest BCUT2D eigenvalue weighted by atomic mass is 32.2. The Bertz CT molecular complexity index is 1090. The van der Waals surface area contributed by atoms with Gasteiger partial charge in [0.25, 0.3) is 10.0 Å². The number of nitrogens with two attached hydrogens (primary N) is 1. The molecule has 0 saturated carbocycles. The number of nitrogens with zero attached hydrogens (tertiary/aromatic N) is 1. The third-order valence-electron chi connectivity index (χ3n) is 4.53. The lowest BCUT2D eigenvalue weighted by Crippen LogP contribution is -2.30. The van der Waals surface area contributed by atoms with E-state index in [4.69, 9.17) is 10.5 Å². The van der Waals surface area contributed by atoms with Crippen LogP contribution >= 0.6 is 0 Å². The Balaban J connectivity index is 2.03. The van der Waals surface area contributed by atoms with Crippen molar-refractivity contribution in [2.24, 2.45) is 5.73 Å². The predicted octanol–water partition coefficient (Wildman–Crippen LogP) is 3.50. The van der Waals surface area contributed by atoms with E-state index in [1.807, 2.05) is 6.92 Å². The van der Waals surface area contributed by atoms with Gasteiger partial charge in [0.1, 0.15) is 5.75 Å². The van der Waals surface area contributed by atoms with E-state index >= 15 is 0 Å². The third kappa shape index (κ3) is 4.57. The van der Waals surface area contributed by atoms with Crippen LogP contribution in [0.1, 0.15) is 21.5 Å². The van der Waals surface area contributed by atoms with Crippen LogP contribution in [-0.4, -0.2) is 21.4 Å². The van der Waals surface area contributed by atoms with Crippen LogP contribution in [-0.2, 0) is 16.6 Å². The highest BCUT2D eigenvalue weighted by Crippen LogP contribution is 2.28. The molecule has 0 bridgehead atoms. The number of aryl methyl sites for hydroxylation is 1. The number of ether oxygens (including phenoxy) is 1. The highest BCUT2D eigenvalue weighted by Gasteiger charge is 2.25. The molecule has 0 fully saturated rings. The number of primary amides is 1. The average molecular weight is 410 g/mol. The van der Waals surface area contributed by atoms with Crippen molar-refractivity contribution in [3.8, 4) is 5.75 Å². The van der Waals surface area contributed by atoms with Gasteiger partial charge in [-0.15, -0.1) is 0 Å². The standard InChI is InChI=1S/C22H22N2O4S/c1-16-3-13-21(14-4-16)29(26,27)24(19-9-11-20(28-2)12-10-19)15-17-5-7-18(8-6-17)22(23)25/h3-14H,15H2,1-2H3,(H2,23,25). The van der Waals surface area contributed by atoms with E-state index in [1.165, 1.54) is 4.31 Å². The number of methoxy groups -OCH3 is 1. The summed E-state index contributed by atoms with van der Waals surface area (Å²) in [4.78, 5) is 11.5. The molecule has 0 aromatic heterocycles. The zero-order chi connectivity index (χ0) is 21.0. The summed E-state index contributed by atoms with van der Waals surface area (Å²) in [6.07, 6.45) is 0. The van der Waals surface area contributed by atoms with Gasteiger partial charge in [-0.25, -0.2) is 8.42 Å². The summed E-state index contributed by atoms with van der Waals surface area (Å²) in [6.45, 7) is 2.00. The van der Waals surface area contributed by atoms with E-state index in [1.54, 1.807) is 79.9 Å². The molecule has 0 unspecified atom stereocenters. The second-order valence-electron chi connectivity index (χ2n) is 6.58. The summed E-state index contributed by atoms with van der Waals surface area (Å²) in [6, 6.07) is 20.1. The molecule has 1 amide bonds. The fraction of sp³-hybridized carbons (Fsp3) is 0.136. The molecular weight excluding hydrogens is 388 g/mol. The maximum atomic E-state index is 13.4. The average Bonchev–Trinajstić information content (AvgIpc) is 2.72. The summed E-state index contributed by atoms with van der Waals surface area (Å²) in [5.74, 6) is 0.100. The van der Waals surface area contributed by atoms with Crippen LogP contribution < -0.4 is 14.8 Å². The number of rotatable bonds is 7. The fourth-order valence-electron chi connectivity index (χ4n) is 2.84. The lowest BCUT2D eigenvalue weighted by atomic mass is 10.1. The Hall–Kier alpha value is -3.32. The van der Waals surface area contributed by atoms with E-state index in [-0.39, 0.29) is 11.4 Å². The molecule has 0 spiro atoms. The van der Waals surface area contributed by atoms with E-state index in [9.17, 15) is 13.2 Å². The van der Waals surface area contributed by atoms with Crippen LogP contribution in [0.4, 0.5) is 5.69 Å². The number of amides is 1. The van der Waals surface area contributed by atoms with Gasteiger partial charge in [-0.2, -0.15) is 0 Å². The first kappa shape index (κ1) is 20.4. The van der Waals surface area contributed by atoms with Crippen LogP contribution in [0.5, 0.6) is 5.75 Å². The van der Waals surface area contributed by atoms with Gasteiger partial charge in [0.2, 0.25) is 5.91 Å². The maximum Gasteiger partial charge on any atom is 0.264 e. The van der Waals surface area contributed by atoms with Crippen LogP contribution in [0.2, 0.25) is 0 Å². The van der Waals surface area contributed by atoms with Gasteiger partial charge in [0.05, 0.1) is 24.2 Å². The highest BCUT2D eigenvalue weighted by molar-refractivity contribution is 7.92. The SMILES string of the molecule is COc1ccc(N(Cc2ccc(C(N)=O)cc2)S(=O)(=O)c2ccc(C)cc2)cc1. The largest absolute Gasteiger partial charge is 0.497 e. The number of hydrogen-bond acceptors (Lipinski definition) is 4. The van der Waals surface area contributed by atoms with E-state index in [0.29, 0.717) is 17.0 Å². The molecule has 0 atom stereocenters. The molecule has 3 rings (SSSR count). The number of benzene rings is 3. The molecule has 0 radical (unpaired) electrons. The number of anilines is 1. The first-order valence-corrected chi connectivity index (χ1v) is 10.4. The molecule has 3 aromatic rings. The molecule has 7 heteroatoms. The fourth-order valence-corrected chi connectivity index (χ4v) is 4.29. The molecule has 29 heavy (non-hydrogen) atoms. The first-order chi connectivity index (χ1) is 13.8. The molecule has 150 valence electrons. The van der Waals surface area contributed by atoms with Gasteiger partial charge in [-0.1, -0.05) is 29.8 Å². The lowest BCUT2D eigenvalue weighted by molar-refractivity contribution is 0.100. The van der Waals surface area contributed by atoms with Crippen molar-refractivity contribution in [3.63, 3.8) is 0 Å². The van der Waals surface area contributed by atoms with Crippen LogP contribution in [0.3, 0.4) is 0 Å². The summed E-state index contributed by atoms with van der Waals surface area (Å²) < 4.78 is 33.3. The van der Waals surface area contributed by atoms with Crippen molar-refractivity contribution in [1.29, 1.82) is 0 Å². The topological polar surface area (TPSA) is 89.7 Å². The second kappa shape index (κ2) is 8.36. The molecular formula is C22H22N2O4S. The van der Waals surface area contributed by atoms with E-state index in [2.05, 4.69) is 0 Å². The summed E-state index contributed by atoms with van der Waals surface area (Å²) in [5.41, 5.74) is 7.85. The van der Waals surface area contributed by atoms with Crippen molar-refractivity contribution >= 4 is 21.6 Å². The van der Waals surface area contributed by atoms with Crippen molar-refractivity contribution in [2.45, 2.75) is 18.4 Å². The minimum atomic E-state index is -3.81. The van der Waals surface area contributed by atoms with Gasteiger partial charge in [0.15, 0.2) is 0 Å². The number of carbonyl (C=O) groups excluding carboxylic acids is 1. The number of carbonyl (C=O) groups is 1. The lowest BCUT2D eigenvalue weighted by Gasteiger charge is -2.25. The number of hydrogen-bond donors (Lipinski definition) is 1. The zero-order valence-corrected chi connectivity index (χ0v) is 17.0. The Labute approximate surface area is 170 Å². The van der Waals surface area contributed by atoms with Gasteiger partial charge < -0.3 is 10.5 Å². The second-order valence-corrected chi connectivity index (χ2v) is 8.45. The van der Waals surface area contributed by atoms with Gasteiger partial charge in [-0.05, 0) is 61.0 Å². The predicted molar refractivity (Wildman–Crippen MR) is 113 cm³/mol. The van der Waals surface area contributed by atoms with Crippen molar-refractivity contribution in [1.82, 2.24) is 0 Å². The van der Waals surface area contributed by atoms with Crippen LogP contribution in [0.15, 0.2) is 77.7 Å². The van der Waals surface area contributed by atoms with Gasteiger partial charge >= 0.3 is 0 Å². The van der Waals surface area contributed by atoms with Gasteiger partial charge in [-0.3, -0.25) is 9.10 Å². The van der Waals surface area contributed by atoms with Crippen molar-refractivity contribution in [3.05, 3.63) is 89.5 Å².